The SMILES string of the molecule is C[Si]1(C)c2cccc3c2B2c4c1cccc4[Si](C)(C)c1cccc(c12)[Si]3(C)C. The van der Waals surface area contributed by atoms with Crippen LogP contribution >= 0.6 is 0 Å². The molecule has 3 heterocycles. The standard InChI is InChI=1S/C24H27BSi3/c1-26(2)16-10-7-12-18-22(16)25-23-17(26)11-8-13-19(23)28(5,6)21-15-9-14-20(24(21)25)27(18,3)4/h7-15H,1-6H3. The predicted octanol–water partition coefficient (Wildman–Crippen LogP) is -0.389. The third-order valence-electron chi connectivity index (χ3n) is 8.22. The van der Waals surface area contributed by atoms with Crippen LogP contribution in [0.5, 0.6) is 0 Å². The van der Waals surface area contributed by atoms with Crippen molar-refractivity contribution in [1.82, 2.24) is 0 Å². The topological polar surface area (TPSA) is 0 Å². The van der Waals surface area contributed by atoms with Gasteiger partial charge in [0.2, 0.25) is 6.71 Å². The summed E-state index contributed by atoms with van der Waals surface area (Å²) in [6.07, 6.45) is 0. The Labute approximate surface area is 172 Å². The van der Waals surface area contributed by atoms with Gasteiger partial charge in [-0.15, -0.1) is 0 Å². The highest BCUT2D eigenvalue weighted by Crippen LogP contribution is 2.18. The quantitative estimate of drug-likeness (QED) is 0.443. The normalized spacial score (nSPS) is 20.6. The molecule has 0 fully saturated rings. The summed E-state index contributed by atoms with van der Waals surface area (Å²) < 4.78 is 0. The summed E-state index contributed by atoms with van der Waals surface area (Å²) in [4.78, 5) is 0. The predicted molar refractivity (Wildman–Crippen MR) is 134 cm³/mol. The van der Waals surface area contributed by atoms with Crippen LogP contribution in [0, 0.1) is 0 Å². The van der Waals surface area contributed by atoms with E-state index in [9.17, 15) is 0 Å². The fourth-order valence-electron chi connectivity index (χ4n) is 6.77. The Balaban J connectivity index is 1.90. The average Bonchev–Trinajstić information content (AvgIpc) is 2.66. The molecule has 0 radical (unpaired) electrons. The highest BCUT2D eigenvalue weighted by atomic mass is 28.3. The summed E-state index contributed by atoms with van der Waals surface area (Å²) in [7, 11) is -5.07. The second kappa shape index (κ2) is 4.92. The van der Waals surface area contributed by atoms with Gasteiger partial charge in [-0.05, 0) is 0 Å². The third-order valence-corrected chi connectivity index (χ3v) is 18.9. The Kier molecular flexibility index (Phi) is 3.03. The molecule has 0 amide bonds. The van der Waals surface area contributed by atoms with Crippen LogP contribution in [0.25, 0.3) is 0 Å². The smallest absolute Gasteiger partial charge is 0.0693 e. The summed E-state index contributed by atoms with van der Waals surface area (Å²) in [6.45, 7) is 16.0. The van der Waals surface area contributed by atoms with E-state index < -0.39 is 24.2 Å². The Morgan fingerprint density at radius 3 is 0.857 bits per heavy atom. The average molecular weight is 411 g/mol. The van der Waals surface area contributed by atoms with E-state index in [2.05, 4.69) is 93.9 Å². The van der Waals surface area contributed by atoms with E-state index in [-0.39, 0.29) is 0 Å². The van der Waals surface area contributed by atoms with Gasteiger partial charge in [0.25, 0.3) is 0 Å². The van der Waals surface area contributed by atoms with Crippen LogP contribution in [-0.2, 0) is 0 Å². The molecule has 3 aromatic carbocycles. The first-order chi connectivity index (χ1) is 13.2. The molecule has 0 unspecified atom stereocenters. The van der Waals surface area contributed by atoms with E-state index >= 15 is 0 Å². The van der Waals surface area contributed by atoms with Gasteiger partial charge in [-0.3, -0.25) is 0 Å². The summed E-state index contributed by atoms with van der Waals surface area (Å²) in [5, 5.41) is 10.3. The van der Waals surface area contributed by atoms with E-state index in [1.807, 2.05) is 0 Å². The molecule has 0 aliphatic carbocycles. The summed E-state index contributed by atoms with van der Waals surface area (Å²) >= 11 is 0. The van der Waals surface area contributed by atoms with Crippen molar-refractivity contribution in [2.24, 2.45) is 0 Å². The lowest BCUT2D eigenvalue weighted by molar-refractivity contribution is 1.64. The minimum atomic E-state index is -1.69. The van der Waals surface area contributed by atoms with E-state index in [0.29, 0.717) is 6.71 Å². The van der Waals surface area contributed by atoms with Crippen LogP contribution in [0.4, 0.5) is 0 Å². The lowest BCUT2D eigenvalue weighted by Crippen LogP contribution is -2.93. The molecule has 0 aromatic heterocycles. The van der Waals surface area contributed by atoms with Crippen molar-refractivity contribution in [3.05, 3.63) is 54.6 Å². The van der Waals surface area contributed by atoms with Gasteiger partial charge in [0.05, 0.1) is 0 Å². The van der Waals surface area contributed by atoms with Gasteiger partial charge in [0.15, 0.2) is 0 Å². The minimum Gasteiger partial charge on any atom is -0.0693 e. The molecule has 6 rings (SSSR count). The van der Waals surface area contributed by atoms with Crippen LogP contribution < -0.4 is 47.5 Å². The molecule has 0 N–H and O–H groups in total. The molecular weight excluding hydrogens is 383 g/mol. The second-order valence-electron chi connectivity index (χ2n) is 10.6. The van der Waals surface area contributed by atoms with Gasteiger partial charge in [0.1, 0.15) is 24.2 Å². The van der Waals surface area contributed by atoms with E-state index in [1.165, 1.54) is 0 Å². The fourth-order valence-corrected chi connectivity index (χ4v) is 16.8. The Hall–Kier alpha value is -1.62. The second-order valence-corrected chi connectivity index (χ2v) is 23.6. The maximum absolute atomic E-state index is 2.59. The Bertz CT molecular complexity index is 983. The van der Waals surface area contributed by atoms with Crippen LogP contribution in [0.3, 0.4) is 0 Å². The van der Waals surface area contributed by atoms with Gasteiger partial charge in [-0.1, -0.05) is 141 Å². The molecular formula is C24H27BSi3. The zero-order valence-electron chi connectivity index (χ0n) is 17.8. The zero-order chi connectivity index (χ0) is 19.6. The highest BCUT2D eigenvalue weighted by Gasteiger charge is 2.54. The summed E-state index contributed by atoms with van der Waals surface area (Å²) in [5.41, 5.74) is 5.21. The summed E-state index contributed by atoms with van der Waals surface area (Å²) in [6, 6.07) is 22.0. The molecule has 0 saturated heterocycles. The van der Waals surface area contributed by atoms with Gasteiger partial charge >= 0.3 is 0 Å². The Morgan fingerprint density at radius 2 is 0.643 bits per heavy atom. The van der Waals surface area contributed by atoms with Crippen molar-refractivity contribution in [2.45, 2.75) is 39.3 Å². The van der Waals surface area contributed by atoms with Gasteiger partial charge in [0, 0.05) is 0 Å². The summed E-state index contributed by atoms with van der Waals surface area (Å²) in [5.74, 6) is 0. The van der Waals surface area contributed by atoms with Crippen LogP contribution in [-0.4, -0.2) is 30.9 Å². The van der Waals surface area contributed by atoms with Crippen molar-refractivity contribution in [1.29, 1.82) is 0 Å². The van der Waals surface area contributed by atoms with Crippen molar-refractivity contribution in [2.75, 3.05) is 0 Å². The monoisotopic (exact) mass is 410 g/mol. The van der Waals surface area contributed by atoms with Crippen LogP contribution in [0.1, 0.15) is 0 Å². The van der Waals surface area contributed by atoms with E-state index in [4.69, 9.17) is 0 Å². The number of hydrogen-bond donors (Lipinski definition) is 0. The van der Waals surface area contributed by atoms with Crippen molar-refractivity contribution >= 4 is 78.4 Å². The molecule has 0 saturated carbocycles. The zero-order valence-corrected chi connectivity index (χ0v) is 20.8. The molecule has 0 bridgehead atoms. The van der Waals surface area contributed by atoms with Gasteiger partial charge in [-0.25, -0.2) is 0 Å². The first kappa shape index (κ1) is 17.3. The fraction of sp³-hybridized carbons (Fsp3) is 0.250. The number of rotatable bonds is 0. The molecule has 3 aromatic rings. The lowest BCUT2D eigenvalue weighted by atomic mass is 9.36. The number of hydrogen-bond acceptors (Lipinski definition) is 0. The highest BCUT2D eigenvalue weighted by molar-refractivity contribution is 7.26. The first-order valence-electron chi connectivity index (χ1n) is 10.6. The molecule has 0 spiro atoms. The molecule has 28 heavy (non-hydrogen) atoms. The van der Waals surface area contributed by atoms with E-state index in [1.54, 1.807) is 47.5 Å². The maximum atomic E-state index is 2.59. The molecule has 4 heteroatoms. The van der Waals surface area contributed by atoms with Crippen LogP contribution in [0.2, 0.25) is 39.3 Å². The maximum Gasteiger partial charge on any atom is 0.240 e. The molecule has 3 aliphatic heterocycles. The molecule has 138 valence electrons. The Morgan fingerprint density at radius 1 is 0.429 bits per heavy atom. The van der Waals surface area contributed by atoms with Gasteiger partial charge < -0.3 is 0 Å². The molecule has 3 aliphatic rings. The first-order valence-corrected chi connectivity index (χ1v) is 19.6. The lowest BCUT2D eigenvalue weighted by Gasteiger charge is -2.51. The number of benzene rings is 3. The van der Waals surface area contributed by atoms with Crippen molar-refractivity contribution in [3.63, 3.8) is 0 Å². The van der Waals surface area contributed by atoms with Crippen molar-refractivity contribution in [3.8, 4) is 0 Å². The van der Waals surface area contributed by atoms with Crippen molar-refractivity contribution < 1.29 is 0 Å². The van der Waals surface area contributed by atoms with E-state index in [0.717, 1.165) is 0 Å². The van der Waals surface area contributed by atoms with Crippen LogP contribution in [0.15, 0.2) is 54.6 Å². The molecule has 0 atom stereocenters. The minimum absolute atomic E-state index is 0.491. The third kappa shape index (κ3) is 1.71. The molecule has 0 nitrogen and oxygen atoms in total. The van der Waals surface area contributed by atoms with Gasteiger partial charge in [-0.2, -0.15) is 0 Å². The largest absolute Gasteiger partial charge is 0.240 e.